The van der Waals surface area contributed by atoms with Gasteiger partial charge in [-0.05, 0) is 48.9 Å². The number of benzene rings is 1. The number of hydrogen-bond acceptors (Lipinski definition) is 2. The molecule has 0 spiro atoms. The number of piperidine rings is 1. The zero-order valence-corrected chi connectivity index (χ0v) is 12.0. The molecule has 1 aromatic rings. The summed E-state index contributed by atoms with van der Waals surface area (Å²) < 4.78 is 26.9. The molecule has 0 bridgehead atoms. The number of carbonyl (C=O) groups excluding carboxylic acids is 1. The molecule has 1 saturated carbocycles. The third-order valence-electron chi connectivity index (χ3n) is 4.62. The Kier molecular flexibility index (Phi) is 3.85. The van der Waals surface area contributed by atoms with Gasteiger partial charge in [0.25, 0.3) is 0 Å². The molecule has 4 nitrogen and oxygen atoms in total. The van der Waals surface area contributed by atoms with Crippen LogP contribution in [0, 0.1) is 23.5 Å². The van der Waals surface area contributed by atoms with Gasteiger partial charge in [0, 0.05) is 19.0 Å². The molecule has 1 aromatic carbocycles. The van der Waals surface area contributed by atoms with Gasteiger partial charge in [-0.15, -0.1) is 0 Å². The zero-order valence-electron chi connectivity index (χ0n) is 12.0. The fourth-order valence-corrected chi connectivity index (χ4v) is 3.19. The smallest absolute Gasteiger partial charge is 0.306 e. The highest BCUT2D eigenvalue weighted by atomic mass is 19.1. The average Bonchev–Trinajstić information content (AvgIpc) is 3.29. The molecule has 1 saturated heterocycles. The summed E-state index contributed by atoms with van der Waals surface area (Å²) in [5.41, 5.74) is 0.263. The van der Waals surface area contributed by atoms with E-state index in [0.717, 1.165) is 18.2 Å². The highest BCUT2D eigenvalue weighted by Crippen LogP contribution is 2.49. The standard InChI is InChI=1S/C16H17F2NO3/c17-10-1-2-14(18)12(7-10)11-8-13(11)15(20)19-5-3-9(4-6-19)16(21)22/h1-2,7,9,11,13H,3-6,8H2,(H,21,22). The summed E-state index contributed by atoms with van der Waals surface area (Å²) in [5.74, 6) is -2.84. The van der Waals surface area contributed by atoms with Crippen LogP contribution >= 0.6 is 0 Å². The molecule has 0 aromatic heterocycles. The van der Waals surface area contributed by atoms with Crippen molar-refractivity contribution in [3.8, 4) is 0 Å². The summed E-state index contributed by atoms with van der Waals surface area (Å²) in [7, 11) is 0. The van der Waals surface area contributed by atoms with Gasteiger partial charge in [0.1, 0.15) is 11.6 Å². The van der Waals surface area contributed by atoms with Gasteiger partial charge in [-0.2, -0.15) is 0 Å². The quantitative estimate of drug-likeness (QED) is 0.932. The molecule has 118 valence electrons. The second-order valence-corrected chi connectivity index (χ2v) is 6.05. The predicted molar refractivity (Wildman–Crippen MR) is 74.1 cm³/mol. The van der Waals surface area contributed by atoms with Crippen molar-refractivity contribution in [2.75, 3.05) is 13.1 Å². The lowest BCUT2D eigenvalue weighted by molar-refractivity contribution is -0.146. The number of hydrogen-bond donors (Lipinski definition) is 1. The van der Waals surface area contributed by atoms with Gasteiger partial charge in [0.15, 0.2) is 0 Å². The number of likely N-dealkylation sites (tertiary alicyclic amines) is 1. The Balaban J connectivity index is 1.62. The van der Waals surface area contributed by atoms with Crippen molar-refractivity contribution in [1.29, 1.82) is 0 Å². The zero-order chi connectivity index (χ0) is 15.9. The van der Waals surface area contributed by atoms with Crippen LogP contribution in [0.4, 0.5) is 8.78 Å². The molecule has 2 unspecified atom stereocenters. The molecule has 22 heavy (non-hydrogen) atoms. The number of amides is 1. The first-order valence-corrected chi connectivity index (χ1v) is 7.44. The summed E-state index contributed by atoms with van der Waals surface area (Å²) in [5, 5.41) is 8.95. The van der Waals surface area contributed by atoms with Gasteiger partial charge in [-0.3, -0.25) is 9.59 Å². The molecule has 2 fully saturated rings. The van der Waals surface area contributed by atoms with Gasteiger partial charge < -0.3 is 10.0 Å². The summed E-state index contributed by atoms with van der Waals surface area (Å²) in [6, 6.07) is 3.31. The van der Waals surface area contributed by atoms with Crippen LogP contribution in [0.25, 0.3) is 0 Å². The van der Waals surface area contributed by atoms with Crippen LogP contribution in [-0.2, 0) is 9.59 Å². The SMILES string of the molecule is O=C(O)C1CCN(C(=O)C2CC2c2cc(F)ccc2F)CC1. The van der Waals surface area contributed by atoms with Crippen molar-refractivity contribution < 1.29 is 23.5 Å². The van der Waals surface area contributed by atoms with Crippen LogP contribution in [0.1, 0.15) is 30.7 Å². The molecule has 1 aliphatic carbocycles. The number of rotatable bonds is 3. The normalized spacial score (nSPS) is 25.1. The fraction of sp³-hybridized carbons (Fsp3) is 0.500. The highest BCUT2D eigenvalue weighted by Gasteiger charge is 2.47. The molecule has 1 heterocycles. The van der Waals surface area contributed by atoms with Crippen molar-refractivity contribution in [3.05, 3.63) is 35.4 Å². The maximum absolute atomic E-state index is 13.7. The molecule has 1 aliphatic heterocycles. The molecular weight excluding hydrogens is 292 g/mol. The maximum Gasteiger partial charge on any atom is 0.306 e. The van der Waals surface area contributed by atoms with E-state index in [1.165, 1.54) is 0 Å². The van der Waals surface area contributed by atoms with Crippen molar-refractivity contribution >= 4 is 11.9 Å². The van der Waals surface area contributed by atoms with Crippen LogP contribution in [0.3, 0.4) is 0 Å². The minimum atomic E-state index is -0.821. The molecule has 2 atom stereocenters. The van der Waals surface area contributed by atoms with Crippen LogP contribution in [-0.4, -0.2) is 35.0 Å². The Bertz CT molecular complexity index is 611. The lowest BCUT2D eigenvalue weighted by atomic mass is 9.96. The third kappa shape index (κ3) is 2.82. The Labute approximate surface area is 126 Å². The van der Waals surface area contributed by atoms with Crippen molar-refractivity contribution in [3.63, 3.8) is 0 Å². The largest absolute Gasteiger partial charge is 0.481 e. The minimum absolute atomic E-state index is 0.0718. The summed E-state index contributed by atoms with van der Waals surface area (Å²) >= 11 is 0. The van der Waals surface area contributed by atoms with E-state index in [1.54, 1.807) is 4.90 Å². The molecule has 1 amide bonds. The number of halogens is 2. The molecular formula is C16H17F2NO3. The molecule has 3 rings (SSSR count). The Morgan fingerprint density at radius 1 is 1.18 bits per heavy atom. The summed E-state index contributed by atoms with van der Waals surface area (Å²) in [6.07, 6.45) is 1.43. The van der Waals surface area contributed by atoms with Crippen LogP contribution in [0.15, 0.2) is 18.2 Å². The maximum atomic E-state index is 13.7. The molecule has 2 aliphatic rings. The number of aliphatic carboxylic acids is 1. The number of carboxylic acids is 1. The fourth-order valence-electron chi connectivity index (χ4n) is 3.19. The second kappa shape index (κ2) is 5.66. The Morgan fingerprint density at radius 3 is 2.50 bits per heavy atom. The van der Waals surface area contributed by atoms with Gasteiger partial charge in [0.05, 0.1) is 5.92 Å². The van der Waals surface area contributed by atoms with E-state index in [1.807, 2.05) is 0 Å². The number of carboxylic acid groups (broad SMARTS) is 1. The Morgan fingerprint density at radius 2 is 1.86 bits per heavy atom. The van der Waals surface area contributed by atoms with E-state index >= 15 is 0 Å². The van der Waals surface area contributed by atoms with Crippen LogP contribution in [0.2, 0.25) is 0 Å². The van der Waals surface area contributed by atoms with E-state index in [2.05, 4.69) is 0 Å². The first kappa shape index (κ1) is 14.9. The predicted octanol–water partition coefficient (Wildman–Crippen LogP) is 2.39. The van der Waals surface area contributed by atoms with Gasteiger partial charge >= 0.3 is 5.97 Å². The van der Waals surface area contributed by atoms with E-state index in [9.17, 15) is 18.4 Å². The van der Waals surface area contributed by atoms with E-state index < -0.39 is 17.6 Å². The summed E-state index contributed by atoms with van der Waals surface area (Å²) in [4.78, 5) is 24.9. The van der Waals surface area contributed by atoms with Gasteiger partial charge in [-0.1, -0.05) is 0 Å². The number of nitrogens with zero attached hydrogens (tertiary/aromatic N) is 1. The van der Waals surface area contributed by atoms with Crippen LogP contribution < -0.4 is 0 Å². The van der Waals surface area contributed by atoms with E-state index in [4.69, 9.17) is 5.11 Å². The van der Waals surface area contributed by atoms with Crippen molar-refractivity contribution in [2.24, 2.45) is 11.8 Å². The van der Waals surface area contributed by atoms with E-state index in [0.29, 0.717) is 32.4 Å². The van der Waals surface area contributed by atoms with Crippen LogP contribution in [0.5, 0.6) is 0 Å². The lowest BCUT2D eigenvalue weighted by Crippen LogP contribution is -2.41. The van der Waals surface area contributed by atoms with Gasteiger partial charge in [-0.25, -0.2) is 8.78 Å². The van der Waals surface area contributed by atoms with Crippen molar-refractivity contribution in [1.82, 2.24) is 4.90 Å². The second-order valence-electron chi connectivity index (χ2n) is 6.05. The lowest BCUT2D eigenvalue weighted by Gasteiger charge is -2.30. The van der Waals surface area contributed by atoms with E-state index in [-0.39, 0.29) is 29.2 Å². The molecule has 6 heteroatoms. The average molecular weight is 309 g/mol. The van der Waals surface area contributed by atoms with Gasteiger partial charge in [0.2, 0.25) is 5.91 Å². The first-order chi connectivity index (χ1) is 10.5. The highest BCUT2D eigenvalue weighted by molar-refractivity contribution is 5.83. The monoisotopic (exact) mass is 309 g/mol. The first-order valence-electron chi connectivity index (χ1n) is 7.44. The number of carbonyl (C=O) groups is 2. The van der Waals surface area contributed by atoms with Crippen molar-refractivity contribution in [2.45, 2.75) is 25.2 Å². The summed E-state index contributed by atoms with van der Waals surface area (Å²) in [6.45, 7) is 0.843. The topological polar surface area (TPSA) is 57.6 Å². The Hall–Kier alpha value is -1.98. The molecule has 1 N–H and O–H groups in total. The minimum Gasteiger partial charge on any atom is -0.481 e. The molecule has 0 radical (unpaired) electrons. The third-order valence-corrected chi connectivity index (χ3v) is 4.62.